The number of aryl methyl sites for hydroxylation is 2. The second kappa shape index (κ2) is 6.85. The molecule has 20 heavy (non-hydrogen) atoms. The normalized spacial score (nSPS) is 10.2. The van der Waals surface area contributed by atoms with E-state index in [1.165, 1.54) is 11.1 Å². The van der Waals surface area contributed by atoms with Crippen LogP contribution in [0.1, 0.15) is 11.1 Å². The van der Waals surface area contributed by atoms with Gasteiger partial charge in [-0.3, -0.25) is 0 Å². The van der Waals surface area contributed by atoms with Crippen LogP contribution in [0.2, 0.25) is 0 Å². The van der Waals surface area contributed by atoms with Gasteiger partial charge in [0.15, 0.2) is 0 Å². The van der Waals surface area contributed by atoms with Gasteiger partial charge in [0.25, 0.3) is 0 Å². The topological polar surface area (TPSA) is 27.7 Å². The maximum Gasteiger partial charge on any atom is 0.125 e. The summed E-state index contributed by atoms with van der Waals surface area (Å²) in [6, 6.07) is 14.1. The van der Waals surface area contributed by atoms with Crippen LogP contribution in [0, 0.1) is 0 Å². The molecule has 106 valence electrons. The fraction of sp³-hybridized carbons (Fsp3) is 0.294. The summed E-state index contributed by atoms with van der Waals surface area (Å²) in [6.07, 6.45) is 1.90. The lowest BCUT2D eigenvalue weighted by atomic mass is 10.0. The summed E-state index contributed by atoms with van der Waals surface area (Å²) in [4.78, 5) is 0. The summed E-state index contributed by atoms with van der Waals surface area (Å²) < 4.78 is 15.8. The van der Waals surface area contributed by atoms with E-state index in [2.05, 4.69) is 18.2 Å². The Bertz CT molecular complexity index is 547. The molecule has 0 saturated heterocycles. The summed E-state index contributed by atoms with van der Waals surface area (Å²) in [5.74, 6) is 2.57. The second-order valence-corrected chi connectivity index (χ2v) is 4.53. The van der Waals surface area contributed by atoms with E-state index in [0.717, 1.165) is 30.1 Å². The van der Waals surface area contributed by atoms with E-state index in [1.807, 2.05) is 24.3 Å². The van der Waals surface area contributed by atoms with Gasteiger partial charge in [0.1, 0.15) is 17.2 Å². The number of ether oxygens (including phenoxy) is 3. The van der Waals surface area contributed by atoms with Gasteiger partial charge in [0.2, 0.25) is 0 Å². The van der Waals surface area contributed by atoms with E-state index in [0.29, 0.717) is 0 Å². The van der Waals surface area contributed by atoms with Gasteiger partial charge in [-0.15, -0.1) is 0 Å². The third-order valence-electron chi connectivity index (χ3n) is 3.34. The molecule has 0 atom stereocenters. The molecule has 0 spiro atoms. The molecule has 2 rings (SSSR count). The molecule has 3 nitrogen and oxygen atoms in total. The summed E-state index contributed by atoms with van der Waals surface area (Å²) in [5, 5.41) is 0. The highest BCUT2D eigenvalue weighted by Crippen LogP contribution is 2.26. The Morgan fingerprint density at radius 2 is 1.35 bits per heavy atom. The zero-order chi connectivity index (χ0) is 14.4. The van der Waals surface area contributed by atoms with Crippen molar-refractivity contribution < 1.29 is 14.2 Å². The van der Waals surface area contributed by atoms with E-state index in [1.54, 1.807) is 21.3 Å². The zero-order valence-electron chi connectivity index (χ0n) is 12.2. The maximum atomic E-state index is 5.41. The van der Waals surface area contributed by atoms with Crippen molar-refractivity contribution in [2.24, 2.45) is 0 Å². The average molecular weight is 272 g/mol. The Kier molecular flexibility index (Phi) is 4.88. The van der Waals surface area contributed by atoms with Crippen LogP contribution in [0.15, 0.2) is 42.5 Å². The number of hydrogen-bond donors (Lipinski definition) is 0. The molecule has 0 radical (unpaired) electrons. The van der Waals surface area contributed by atoms with Gasteiger partial charge in [-0.25, -0.2) is 0 Å². The molecule has 2 aromatic rings. The first kappa shape index (κ1) is 14.3. The van der Waals surface area contributed by atoms with E-state index >= 15 is 0 Å². The lowest BCUT2D eigenvalue weighted by Gasteiger charge is -2.10. The van der Waals surface area contributed by atoms with Gasteiger partial charge >= 0.3 is 0 Å². The van der Waals surface area contributed by atoms with Crippen molar-refractivity contribution in [3.05, 3.63) is 53.6 Å². The molecule has 0 fully saturated rings. The van der Waals surface area contributed by atoms with Crippen molar-refractivity contribution in [1.82, 2.24) is 0 Å². The molecule has 2 aromatic carbocycles. The highest BCUT2D eigenvalue weighted by Gasteiger charge is 2.05. The molecule has 0 N–H and O–H groups in total. The van der Waals surface area contributed by atoms with Gasteiger partial charge in [-0.05, 0) is 42.2 Å². The Labute approximate surface area is 120 Å². The lowest BCUT2D eigenvalue weighted by molar-refractivity contribution is 0.391. The highest BCUT2D eigenvalue weighted by molar-refractivity contribution is 5.41. The van der Waals surface area contributed by atoms with E-state index in [-0.39, 0.29) is 0 Å². The van der Waals surface area contributed by atoms with Crippen LogP contribution < -0.4 is 14.2 Å². The molecule has 0 aromatic heterocycles. The Hall–Kier alpha value is -2.16. The van der Waals surface area contributed by atoms with Crippen LogP contribution in [-0.4, -0.2) is 21.3 Å². The van der Waals surface area contributed by atoms with Crippen LogP contribution in [0.4, 0.5) is 0 Å². The van der Waals surface area contributed by atoms with Gasteiger partial charge in [-0.2, -0.15) is 0 Å². The largest absolute Gasteiger partial charge is 0.497 e. The quantitative estimate of drug-likeness (QED) is 0.805. The molecule has 3 heteroatoms. The van der Waals surface area contributed by atoms with Crippen LogP contribution in [0.25, 0.3) is 0 Å². The third-order valence-corrected chi connectivity index (χ3v) is 3.34. The molecule has 0 saturated carbocycles. The van der Waals surface area contributed by atoms with Crippen LogP contribution in [0.3, 0.4) is 0 Å². The Morgan fingerprint density at radius 3 is 1.95 bits per heavy atom. The molecule has 0 heterocycles. The molecular weight excluding hydrogens is 252 g/mol. The average Bonchev–Trinajstić information content (AvgIpc) is 2.53. The predicted octanol–water partition coefficient (Wildman–Crippen LogP) is 3.50. The molecular formula is C17H20O3. The van der Waals surface area contributed by atoms with Gasteiger partial charge in [0.05, 0.1) is 21.3 Å². The van der Waals surface area contributed by atoms with Crippen molar-refractivity contribution in [3.63, 3.8) is 0 Å². The van der Waals surface area contributed by atoms with E-state index in [9.17, 15) is 0 Å². The summed E-state index contributed by atoms with van der Waals surface area (Å²) >= 11 is 0. The third kappa shape index (κ3) is 3.44. The molecule has 0 unspecified atom stereocenters. The monoisotopic (exact) mass is 272 g/mol. The number of hydrogen-bond acceptors (Lipinski definition) is 3. The zero-order valence-corrected chi connectivity index (χ0v) is 12.2. The number of rotatable bonds is 6. The lowest BCUT2D eigenvalue weighted by Crippen LogP contribution is -1.96. The number of benzene rings is 2. The second-order valence-electron chi connectivity index (χ2n) is 4.53. The first-order chi connectivity index (χ1) is 9.76. The van der Waals surface area contributed by atoms with E-state index < -0.39 is 0 Å². The van der Waals surface area contributed by atoms with Crippen molar-refractivity contribution in [3.8, 4) is 17.2 Å². The summed E-state index contributed by atoms with van der Waals surface area (Å²) in [6.45, 7) is 0. The fourth-order valence-corrected chi connectivity index (χ4v) is 2.13. The molecule has 0 aliphatic carbocycles. The summed E-state index contributed by atoms with van der Waals surface area (Å²) in [7, 11) is 5.02. The summed E-state index contributed by atoms with van der Waals surface area (Å²) in [5.41, 5.74) is 2.47. The minimum absolute atomic E-state index is 0.815. The molecule has 0 aliphatic heterocycles. The maximum absolute atomic E-state index is 5.41. The van der Waals surface area contributed by atoms with E-state index in [4.69, 9.17) is 14.2 Å². The Balaban J connectivity index is 2.05. The molecule has 0 aliphatic rings. The fourth-order valence-electron chi connectivity index (χ4n) is 2.13. The van der Waals surface area contributed by atoms with Crippen molar-refractivity contribution in [2.75, 3.05) is 21.3 Å². The smallest absolute Gasteiger partial charge is 0.125 e. The number of methoxy groups -OCH3 is 3. The first-order valence-electron chi connectivity index (χ1n) is 6.60. The minimum Gasteiger partial charge on any atom is -0.497 e. The van der Waals surface area contributed by atoms with Crippen LogP contribution in [-0.2, 0) is 12.8 Å². The van der Waals surface area contributed by atoms with Gasteiger partial charge < -0.3 is 14.2 Å². The van der Waals surface area contributed by atoms with Gasteiger partial charge in [-0.1, -0.05) is 18.2 Å². The van der Waals surface area contributed by atoms with Crippen LogP contribution >= 0.6 is 0 Å². The van der Waals surface area contributed by atoms with Crippen molar-refractivity contribution >= 4 is 0 Å². The van der Waals surface area contributed by atoms with Crippen molar-refractivity contribution in [2.45, 2.75) is 12.8 Å². The highest BCUT2D eigenvalue weighted by atomic mass is 16.5. The predicted molar refractivity (Wildman–Crippen MR) is 79.9 cm³/mol. The Morgan fingerprint density at radius 1 is 0.700 bits per heavy atom. The van der Waals surface area contributed by atoms with Gasteiger partial charge in [0, 0.05) is 6.07 Å². The minimum atomic E-state index is 0.815. The molecule has 0 bridgehead atoms. The molecule has 0 amide bonds. The van der Waals surface area contributed by atoms with Crippen molar-refractivity contribution in [1.29, 1.82) is 0 Å². The first-order valence-corrected chi connectivity index (χ1v) is 6.60. The SMILES string of the molecule is COc1ccc(CCc2ccc(OC)cc2OC)cc1. The van der Waals surface area contributed by atoms with Crippen LogP contribution in [0.5, 0.6) is 17.2 Å². The standard InChI is InChI=1S/C17H20O3/c1-18-15-9-5-13(6-10-15)4-7-14-8-11-16(19-2)12-17(14)20-3/h5-6,8-12H,4,7H2,1-3H3.